The summed E-state index contributed by atoms with van der Waals surface area (Å²) in [5.74, 6) is 1.45. The van der Waals surface area contributed by atoms with Crippen molar-refractivity contribution >= 4 is 11.7 Å². The zero-order chi connectivity index (χ0) is 14.5. The molecule has 20 heavy (non-hydrogen) atoms. The third-order valence-corrected chi connectivity index (χ3v) is 3.95. The second-order valence-corrected chi connectivity index (χ2v) is 5.31. The fraction of sp³-hybridized carbons (Fsp3) is 0.500. The molecule has 0 aromatic heterocycles. The van der Waals surface area contributed by atoms with Crippen LogP contribution >= 0.6 is 0 Å². The van der Waals surface area contributed by atoms with Crippen LogP contribution in [-0.2, 0) is 4.79 Å². The number of likely N-dealkylation sites (tertiary alicyclic amines) is 1. The summed E-state index contributed by atoms with van der Waals surface area (Å²) >= 11 is 0. The van der Waals surface area contributed by atoms with Gasteiger partial charge in [-0.05, 0) is 43.0 Å². The number of hydrogen-bond donors (Lipinski definition) is 0. The number of benzene rings is 1. The summed E-state index contributed by atoms with van der Waals surface area (Å²) in [6.07, 6.45) is 2.40. The second-order valence-electron chi connectivity index (χ2n) is 5.31. The Morgan fingerprint density at radius 1 is 1.20 bits per heavy atom. The smallest absolute Gasteiger partial charge is 0.219 e. The van der Waals surface area contributed by atoms with Crippen LogP contribution in [-0.4, -0.2) is 36.8 Å². The Morgan fingerprint density at radius 2 is 1.80 bits per heavy atom. The third-order valence-electron chi connectivity index (χ3n) is 3.95. The Morgan fingerprint density at radius 3 is 2.30 bits per heavy atom. The molecular formula is C16H21NO3. The number of piperidine rings is 1. The Labute approximate surface area is 119 Å². The van der Waals surface area contributed by atoms with E-state index in [9.17, 15) is 9.59 Å². The highest BCUT2D eigenvalue weighted by atomic mass is 16.5. The molecule has 0 N–H and O–H groups in total. The normalized spacial score (nSPS) is 16.0. The molecule has 108 valence electrons. The van der Waals surface area contributed by atoms with Crippen molar-refractivity contribution in [2.45, 2.75) is 26.2 Å². The van der Waals surface area contributed by atoms with Crippen LogP contribution in [0.1, 0.15) is 36.5 Å². The predicted molar refractivity (Wildman–Crippen MR) is 76.9 cm³/mol. The van der Waals surface area contributed by atoms with E-state index in [4.69, 9.17) is 4.74 Å². The van der Waals surface area contributed by atoms with Gasteiger partial charge in [-0.3, -0.25) is 9.59 Å². The average molecular weight is 275 g/mol. The highest BCUT2D eigenvalue weighted by Crippen LogP contribution is 2.23. The zero-order valence-electron chi connectivity index (χ0n) is 12.1. The Hall–Kier alpha value is -1.84. The van der Waals surface area contributed by atoms with Crippen molar-refractivity contribution in [1.29, 1.82) is 0 Å². The van der Waals surface area contributed by atoms with Crippen molar-refractivity contribution in [3.05, 3.63) is 29.8 Å². The van der Waals surface area contributed by atoms with E-state index in [1.54, 1.807) is 14.0 Å². The second kappa shape index (κ2) is 6.55. The van der Waals surface area contributed by atoms with E-state index in [1.165, 1.54) is 0 Å². The van der Waals surface area contributed by atoms with Gasteiger partial charge in [0.05, 0.1) is 7.11 Å². The number of methoxy groups -OCH3 is 1. The summed E-state index contributed by atoms with van der Waals surface area (Å²) in [6.45, 7) is 3.15. The summed E-state index contributed by atoms with van der Waals surface area (Å²) < 4.78 is 5.08. The molecule has 1 aliphatic heterocycles. The molecule has 1 aromatic rings. The Bertz CT molecular complexity index is 473. The number of Topliss-reactive ketones (excluding diaryl/α,β-unsaturated/α-hetero) is 1. The van der Waals surface area contributed by atoms with Gasteiger partial charge in [0.1, 0.15) is 5.75 Å². The maximum absolute atomic E-state index is 12.2. The Kier molecular flexibility index (Phi) is 4.77. The number of nitrogens with zero attached hydrogens (tertiary/aromatic N) is 1. The maximum atomic E-state index is 12.2. The first-order chi connectivity index (χ1) is 9.60. The fourth-order valence-corrected chi connectivity index (χ4v) is 2.61. The summed E-state index contributed by atoms with van der Waals surface area (Å²) in [5, 5.41) is 0. The molecule has 0 saturated carbocycles. The fourth-order valence-electron chi connectivity index (χ4n) is 2.61. The number of ketones is 1. The molecule has 4 heteroatoms. The van der Waals surface area contributed by atoms with Gasteiger partial charge in [-0.1, -0.05) is 0 Å². The lowest BCUT2D eigenvalue weighted by Gasteiger charge is -2.30. The minimum Gasteiger partial charge on any atom is -0.497 e. The minimum atomic E-state index is 0.130. The van der Waals surface area contributed by atoms with Crippen LogP contribution in [0.5, 0.6) is 5.75 Å². The molecule has 1 heterocycles. The summed E-state index contributed by atoms with van der Waals surface area (Å²) in [6, 6.07) is 7.24. The molecule has 0 atom stereocenters. The average Bonchev–Trinajstić information content (AvgIpc) is 2.48. The lowest BCUT2D eigenvalue weighted by atomic mass is 9.90. The lowest BCUT2D eigenvalue weighted by molar-refractivity contribution is -0.130. The highest BCUT2D eigenvalue weighted by Gasteiger charge is 2.23. The zero-order valence-corrected chi connectivity index (χ0v) is 12.1. The molecule has 0 aliphatic carbocycles. The van der Waals surface area contributed by atoms with Gasteiger partial charge in [0.2, 0.25) is 5.91 Å². The van der Waals surface area contributed by atoms with E-state index in [0.29, 0.717) is 12.3 Å². The van der Waals surface area contributed by atoms with Gasteiger partial charge >= 0.3 is 0 Å². The molecular weight excluding hydrogens is 254 g/mol. The summed E-state index contributed by atoms with van der Waals surface area (Å²) in [5.41, 5.74) is 0.736. The maximum Gasteiger partial charge on any atom is 0.219 e. The van der Waals surface area contributed by atoms with Crippen LogP contribution in [0, 0.1) is 5.92 Å². The van der Waals surface area contributed by atoms with E-state index in [2.05, 4.69) is 0 Å². The molecule has 4 nitrogen and oxygen atoms in total. The van der Waals surface area contributed by atoms with E-state index in [0.717, 1.165) is 37.2 Å². The van der Waals surface area contributed by atoms with Crippen LogP contribution in [0.2, 0.25) is 0 Å². The standard InChI is InChI=1S/C16H21NO3/c1-12(18)17-9-7-13(8-10-17)11-16(19)14-3-5-15(20-2)6-4-14/h3-6,13H,7-11H2,1-2H3. The largest absolute Gasteiger partial charge is 0.497 e. The van der Waals surface area contributed by atoms with Gasteiger partial charge in [0.15, 0.2) is 5.78 Å². The van der Waals surface area contributed by atoms with Crippen molar-refractivity contribution in [2.75, 3.05) is 20.2 Å². The van der Waals surface area contributed by atoms with Crippen molar-refractivity contribution in [2.24, 2.45) is 5.92 Å². The molecule has 0 radical (unpaired) electrons. The van der Waals surface area contributed by atoms with Gasteiger partial charge in [0.25, 0.3) is 0 Å². The SMILES string of the molecule is COc1ccc(C(=O)CC2CCN(C(C)=O)CC2)cc1. The van der Waals surface area contributed by atoms with E-state index in [-0.39, 0.29) is 11.7 Å². The van der Waals surface area contributed by atoms with E-state index < -0.39 is 0 Å². The van der Waals surface area contributed by atoms with Crippen LogP contribution < -0.4 is 4.74 Å². The first kappa shape index (κ1) is 14.6. The van der Waals surface area contributed by atoms with Gasteiger partial charge in [-0.15, -0.1) is 0 Å². The van der Waals surface area contributed by atoms with Gasteiger partial charge in [0, 0.05) is 32.0 Å². The number of amides is 1. The molecule has 0 bridgehead atoms. The van der Waals surface area contributed by atoms with Crippen molar-refractivity contribution in [3.8, 4) is 5.75 Å². The van der Waals surface area contributed by atoms with Crippen LogP contribution in [0.25, 0.3) is 0 Å². The Balaban J connectivity index is 1.87. The molecule has 2 rings (SSSR count). The lowest BCUT2D eigenvalue weighted by Crippen LogP contribution is -2.37. The predicted octanol–water partition coefficient (Wildman–Crippen LogP) is 2.53. The number of hydrogen-bond acceptors (Lipinski definition) is 3. The molecule has 1 aliphatic rings. The first-order valence-electron chi connectivity index (χ1n) is 7.03. The summed E-state index contributed by atoms with van der Waals surface area (Å²) in [7, 11) is 1.61. The molecule has 0 spiro atoms. The van der Waals surface area contributed by atoms with Crippen molar-refractivity contribution in [3.63, 3.8) is 0 Å². The highest BCUT2D eigenvalue weighted by molar-refractivity contribution is 5.96. The minimum absolute atomic E-state index is 0.130. The van der Waals surface area contributed by atoms with Gasteiger partial charge < -0.3 is 9.64 Å². The van der Waals surface area contributed by atoms with Crippen LogP contribution in [0.4, 0.5) is 0 Å². The topological polar surface area (TPSA) is 46.6 Å². The van der Waals surface area contributed by atoms with Crippen molar-refractivity contribution in [1.82, 2.24) is 4.90 Å². The van der Waals surface area contributed by atoms with Crippen LogP contribution in [0.15, 0.2) is 24.3 Å². The van der Waals surface area contributed by atoms with Crippen LogP contribution in [0.3, 0.4) is 0 Å². The molecule has 1 fully saturated rings. The van der Waals surface area contributed by atoms with E-state index in [1.807, 2.05) is 29.2 Å². The third kappa shape index (κ3) is 3.59. The van der Waals surface area contributed by atoms with Gasteiger partial charge in [-0.25, -0.2) is 0 Å². The molecule has 0 unspecified atom stereocenters. The monoisotopic (exact) mass is 275 g/mol. The number of carbonyl (C=O) groups excluding carboxylic acids is 2. The number of rotatable bonds is 4. The number of carbonyl (C=O) groups is 2. The molecule has 1 saturated heterocycles. The van der Waals surface area contributed by atoms with E-state index >= 15 is 0 Å². The van der Waals surface area contributed by atoms with Crippen molar-refractivity contribution < 1.29 is 14.3 Å². The molecule has 1 aromatic carbocycles. The summed E-state index contributed by atoms with van der Waals surface area (Å²) in [4.78, 5) is 25.3. The molecule has 1 amide bonds. The number of ether oxygens (including phenoxy) is 1. The first-order valence-corrected chi connectivity index (χ1v) is 7.03. The van der Waals surface area contributed by atoms with Gasteiger partial charge in [-0.2, -0.15) is 0 Å². The quantitative estimate of drug-likeness (QED) is 0.793.